The standard InChI is InChI=1S/C71H73O17P3/c1-75-65-44-42-64(43-45-65)48-77-66-67(79-55-76-46-56-26-10-2-11-27-56)69(86-89(72,80-49-58-30-14-4-15-31-58)81-50-59-32-16-5-17-33-59)68(78-47-57-28-12-3-13-29-57)71(88-91(74,84-53-62-38-22-8-23-39-62)85-54-63-40-24-9-25-41-63)70(66)87-90(73,82-51-60-34-18-6-19-35-60)83-52-61-36-20-7-21-37-61/h2-45,66-71H,46-55H2,1H3/t66-,67+,68-,69+,70+,71+/m0/s1. The van der Waals surface area contributed by atoms with Crippen molar-refractivity contribution >= 4 is 23.5 Å². The Hall–Kier alpha value is -7.05. The molecule has 0 heterocycles. The average Bonchev–Trinajstić information content (AvgIpc) is 2.17. The minimum atomic E-state index is -5.01. The van der Waals surface area contributed by atoms with Crippen molar-refractivity contribution in [1.29, 1.82) is 0 Å². The molecule has 9 aromatic carbocycles. The summed E-state index contributed by atoms with van der Waals surface area (Å²) in [5, 5.41) is 0. The Bertz CT molecular complexity index is 3520. The van der Waals surface area contributed by atoms with Crippen molar-refractivity contribution in [3.63, 3.8) is 0 Å². The summed E-state index contributed by atoms with van der Waals surface area (Å²) in [5.41, 5.74) is 5.90. The Labute approximate surface area is 531 Å². The monoisotopic (exact) mass is 1290 g/mol. The van der Waals surface area contributed by atoms with E-state index >= 15 is 13.7 Å². The van der Waals surface area contributed by atoms with E-state index in [4.69, 9.17) is 64.4 Å². The molecule has 474 valence electrons. The minimum Gasteiger partial charge on any atom is -0.497 e. The van der Waals surface area contributed by atoms with Gasteiger partial charge >= 0.3 is 23.5 Å². The number of hydrogen-bond donors (Lipinski definition) is 0. The highest BCUT2D eigenvalue weighted by molar-refractivity contribution is 7.49. The number of phosphoric acid groups is 3. The van der Waals surface area contributed by atoms with Crippen LogP contribution in [0.2, 0.25) is 0 Å². The van der Waals surface area contributed by atoms with Gasteiger partial charge < -0.3 is 23.7 Å². The second-order valence-electron chi connectivity index (χ2n) is 21.1. The van der Waals surface area contributed by atoms with Gasteiger partial charge in [0.05, 0.1) is 66.6 Å². The topological polar surface area (TPSA) is 180 Å². The summed E-state index contributed by atoms with van der Waals surface area (Å²) in [6.45, 7) is -2.37. The van der Waals surface area contributed by atoms with E-state index in [9.17, 15) is 0 Å². The van der Waals surface area contributed by atoms with Crippen LogP contribution >= 0.6 is 23.5 Å². The molecule has 1 saturated carbocycles. The summed E-state index contributed by atoms with van der Waals surface area (Å²) < 4.78 is 141. The van der Waals surface area contributed by atoms with E-state index in [1.165, 1.54) is 0 Å². The van der Waals surface area contributed by atoms with E-state index in [-0.39, 0.29) is 59.5 Å². The number of hydrogen-bond acceptors (Lipinski definition) is 17. The summed E-state index contributed by atoms with van der Waals surface area (Å²) in [7, 11) is -13.4. The molecule has 0 aromatic heterocycles. The van der Waals surface area contributed by atoms with E-state index in [0.29, 0.717) is 50.3 Å². The Balaban J connectivity index is 1.17. The van der Waals surface area contributed by atoms with E-state index in [0.717, 1.165) is 5.56 Å². The number of benzene rings is 9. The van der Waals surface area contributed by atoms with Crippen LogP contribution in [0.5, 0.6) is 5.75 Å². The smallest absolute Gasteiger partial charge is 0.475 e. The van der Waals surface area contributed by atoms with Gasteiger partial charge in [-0.1, -0.05) is 255 Å². The first kappa shape index (κ1) is 66.9. The molecule has 0 aliphatic heterocycles. The number of ether oxygens (including phenoxy) is 5. The van der Waals surface area contributed by atoms with Crippen molar-refractivity contribution in [3.8, 4) is 5.75 Å². The Morgan fingerprint density at radius 3 is 0.747 bits per heavy atom. The van der Waals surface area contributed by atoms with Gasteiger partial charge in [0, 0.05) is 0 Å². The lowest BCUT2D eigenvalue weighted by atomic mass is 9.84. The summed E-state index contributed by atoms with van der Waals surface area (Å²) in [6, 6.07) is 80.2. The molecule has 0 radical (unpaired) electrons. The Morgan fingerprint density at radius 2 is 0.473 bits per heavy atom. The first-order valence-electron chi connectivity index (χ1n) is 29.7. The largest absolute Gasteiger partial charge is 0.497 e. The third-order valence-corrected chi connectivity index (χ3v) is 18.6. The predicted octanol–water partition coefficient (Wildman–Crippen LogP) is 16.5. The predicted molar refractivity (Wildman–Crippen MR) is 342 cm³/mol. The lowest BCUT2D eigenvalue weighted by Crippen LogP contribution is -2.67. The molecule has 0 bridgehead atoms. The van der Waals surface area contributed by atoms with Crippen LogP contribution < -0.4 is 4.74 Å². The number of methoxy groups -OCH3 is 1. The molecule has 1 aliphatic rings. The van der Waals surface area contributed by atoms with E-state index in [1.807, 2.05) is 170 Å². The molecule has 0 saturated heterocycles. The third-order valence-electron chi connectivity index (χ3n) is 14.4. The van der Waals surface area contributed by atoms with Gasteiger partial charge in [0.15, 0.2) is 0 Å². The summed E-state index contributed by atoms with van der Waals surface area (Å²) in [4.78, 5) is 0. The number of phosphoric ester groups is 3. The zero-order chi connectivity index (χ0) is 62.8. The highest BCUT2D eigenvalue weighted by atomic mass is 31.2. The fourth-order valence-electron chi connectivity index (χ4n) is 9.70. The lowest BCUT2D eigenvalue weighted by molar-refractivity contribution is -0.267. The van der Waals surface area contributed by atoms with Gasteiger partial charge in [-0.3, -0.25) is 40.7 Å². The van der Waals surface area contributed by atoms with E-state index < -0.39 is 66.9 Å². The quantitative estimate of drug-likeness (QED) is 0.0205. The first-order chi connectivity index (χ1) is 44.6. The van der Waals surface area contributed by atoms with Gasteiger partial charge in [-0.2, -0.15) is 0 Å². The highest BCUT2D eigenvalue weighted by Gasteiger charge is 2.61. The van der Waals surface area contributed by atoms with Crippen LogP contribution in [0.25, 0.3) is 0 Å². The average molecular weight is 1290 g/mol. The lowest BCUT2D eigenvalue weighted by Gasteiger charge is -2.49. The van der Waals surface area contributed by atoms with Crippen LogP contribution in [-0.2, 0) is 133 Å². The summed E-state index contributed by atoms with van der Waals surface area (Å²) in [5.74, 6) is 0.579. The molecule has 0 spiro atoms. The maximum atomic E-state index is 16.3. The Kier molecular flexibility index (Phi) is 25.4. The van der Waals surface area contributed by atoms with Crippen molar-refractivity contribution in [2.24, 2.45) is 0 Å². The maximum Gasteiger partial charge on any atom is 0.475 e. The molecule has 20 heteroatoms. The second kappa shape index (κ2) is 34.6. The maximum absolute atomic E-state index is 16.3. The summed E-state index contributed by atoms with van der Waals surface area (Å²) >= 11 is 0. The molecule has 1 fully saturated rings. The van der Waals surface area contributed by atoms with Gasteiger partial charge in [0.25, 0.3) is 0 Å². The van der Waals surface area contributed by atoms with E-state index in [1.54, 1.807) is 104 Å². The molecule has 91 heavy (non-hydrogen) atoms. The van der Waals surface area contributed by atoms with Crippen molar-refractivity contribution in [1.82, 2.24) is 0 Å². The van der Waals surface area contributed by atoms with E-state index in [2.05, 4.69) is 0 Å². The van der Waals surface area contributed by atoms with Crippen LogP contribution in [-0.4, -0.2) is 50.5 Å². The molecule has 0 unspecified atom stereocenters. The molecule has 0 amide bonds. The molecule has 9 aromatic rings. The van der Waals surface area contributed by atoms with Crippen molar-refractivity contribution in [2.45, 2.75) is 96.1 Å². The van der Waals surface area contributed by atoms with Gasteiger partial charge in [-0.05, 0) is 62.2 Å². The molecule has 17 nitrogen and oxygen atoms in total. The van der Waals surface area contributed by atoms with Gasteiger partial charge in [-0.15, -0.1) is 0 Å². The molecule has 0 N–H and O–H groups in total. The molecule has 1 aliphatic carbocycles. The van der Waals surface area contributed by atoms with Crippen LogP contribution in [0.3, 0.4) is 0 Å². The van der Waals surface area contributed by atoms with Gasteiger partial charge in [0.1, 0.15) is 49.2 Å². The van der Waals surface area contributed by atoms with Crippen LogP contribution in [0.15, 0.2) is 267 Å². The molecular weight excluding hydrogens is 1220 g/mol. The van der Waals surface area contributed by atoms with Gasteiger partial charge in [0.2, 0.25) is 0 Å². The second-order valence-corrected chi connectivity index (χ2v) is 25.9. The molecular formula is C71H73O17P3. The van der Waals surface area contributed by atoms with Crippen molar-refractivity contribution < 1.29 is 78.1 Å². The zero-order valence-electron chi connectivity index (χ0n) is 50.2. The number of rotatable bonds is 36. The van der Waals surface area contributed by atoms with Gasteiger partial charge in [-0.25, -0.2) is 13.7 Å². The molecule has 6 atom stereocenters. The van der Waals surface area contributed by atoms with Crippen LogP contribution in [0, 0.1) is 0 Å². The first-order valence-corrected chi connectivity index (χ1v) is 34.1. The SMILES string of the molecule is COc1ccc(CO[C@H]2[C@@H](OCOCc3ccccc3)[C@@H](OP(=O)(OCc3ccccc3)OCc3ccccc3)[C@H](OCc3ccccc3)[C@@H](OP(=O)(OCc3ccccc3)OCc3ccccc3)[C@@H]2OP(=O)(OCc2ccccc2)OCc2ccccc2)cc1. The van der Waals surface area contributed by atoms with Crippen LogP contribution in [0.4, 0.5) is 0 Å². The minimum absolute atomic E-state index is 0.0888. The highest BCUT2D eigenvalue weighted by Crippen LogP contribution is 2.61. The third kappa shape index (κ3) is 21.0. The fraction of sp³-hybridized carbons (Fsp3) is 0.239. The zero-order valence-corrected chi connectivity index (χ0v) is 52.9. The Morgan fingerprint density at radius 1 is 0.253 bits per heavy atom. The fourth-order valence-corrected chi connectivity index (χ4v) is 13.7. The van der Waals surface area contributed by atoms with Crippen molar-refractivity contribution in [2.75, 3.05) is 13.9 Å². The molecule has 10 rings (SSSR count). The summed E-state index contributed by atoms with van der Waals surface area (Å²) in [6.07, 6.45) is -10.2. The van der Waals surface area contributed by atoms with Crippen LogP contribution in [0.1, 0.15) is 50.1 Å². The normalized spacial score (nSPS) is 17.8. The van der Waals surface area contributed by atoms with Crippen molar-refractivity contribution in [3.05, 3.63) is 317 Å².